The standard InChI is InChI=1S/C24H35N3O4.HI/c1-7-25-24(26-16-19-11-10-12-21(28-5)23(19)29-6)27-17(4)18-13-14-20(30-8-2)22(15-18)31-9-3;/h10-15,17H,7-9,16H2,1-6H3,(H2,25,26,27);1H. The molecule has 0 aliphatic heterocycles. The lowest BCUT2D eigenvalue weighted by Gasteiger charge is -2.20. The molecule has 0 saturated carbocycles. The Balaban J connectivity index is 0.00000512. The van der Waals surface area contributed by atoms with Gasteiger partial charge in [-0.25, -0.2) is 4.99 Å². The third-order valence-corrected chi connectivity index (χ3v) is 4.66. The number of nitrogens with zero attached hydrogens (tertiary/aromatic N) is 1. The zero-order valence-electron chi connectivity index (χ0n) is 19.9. The van der Waals surface area contributed by atoms with E-state index in [0.717, 1.165) is 29.2 Å². The highest BCUT2D eigenvalue weighted by atomic mass is 127. The summed E-state index contributed by atoms with van der Waals surface area (Å²) >= 11 is 0. The minimum absolute atomic E-state index is 0. The van der Waals surface area contributed by atoms with Crippen molar-refractivity contribution >= 4 is 29.9 Å². The van der Waals surface area contributed by atoms with Gasteiger partial charge in [0.2, 0.25) is 0 Å². The molecule has 0 spiro atoms. The van der Waals surface area contributed by atoms with Crippen LogP contribution < -0.4 is 29.6 Å². The van der Waals surface area contributed by atoms with Crippen LogP contribution in [0.1, 0.15) is 44.9 Å². The van der Waals surface area contributed by atoms with Crippen LogP contribution in [0.3, 0.4) is 0 Å². The molecule has 0 aromatic heterocycles. The molecule has 0 heterocycles. The highest BCUT2D eigenvalue weighted by Crippen LogP contribution is 2.32. The lowest BCUT2D eigenvalue weighted by Crippen LogP contribution is -2.38. The molecule has 7 nitrogen and oxygen atoms in total. The molecule has 32 heavy (non-hydrogen) atoms. The third-order valence-electron chi connectivity index (χ3n) is 4.66. The van der Waals surface area contributed by atoms with E-state index in [4.69, 9.17) is 23.9 Å². The first-order chi connectivity index (χ1) is 15.1. The second kappa shape index (κ2) is 14.7. The van der Waals surface area contributed by atoms with Gasteiger partial charge in [-0.3, -0.25) is 0 Å². The number of benzene rings is 2. The van der Waals surface area contributed by atoms with Crippen molar-refractivity contribution in [1.82, 2.24) is 10.6 Å². The molecule has 2 aromatic rings. The average molecular weight is 557 g/mol. The summed E-state index contributed by atoms with van der Waals surface area (Å²) < 4.78 is 22.3. The van der Waals surface area contributed by atoms with E-state index in [1.165, 1.54) is 0 Å². The van der Waals surface area contributed by atoms with Crippen LogP contribution in [-0.4, -0.2) is 39.9 Å². The van der Waals surface area contributed by atoms with Crippen molar-refractivity contribution in [3.63, 3.8) is 0 Å². The molecule has 0 bridgehead atoms. The van der Waals surface area contributed by atoms with E-state index >= 15 is 0 Å². The SMILES string of the molecule is CCNC(=NCc1cccc(OC)c1OC)NC(C)c1ccc(OCC)c(OCC)c1.I. The topological polar surface area (TPSA) is 73.3 Å². The van der Waals surface area contributed by atoms with E-state index in [0.29, 0.717) is 37.2 Å². The van der Waals surface area contributed by atoms with Gasteiger partial charge in [-0.1, -0.05) is 18.2 Å². The normalized spacial score (nSPS) is 11.8. The van der Waals surface area contributed by atoms with Crippen molar-refractivity contribution in [2.75, 3.05) is 34.0 Å². The highest BCUT2D eigenvalue weighted by molar-refractivity contribution is 14.0. The fourth-order valence-corrected chi connectivity index (χ4v) is 3.19. The quantitative estimate of drug-likeness (QED) is 0.232. The zero-order chi connectivity index (χ0) is 22.6. The van der Waals surface area contributed by atoms with Gasteiger partial charge in [-0.05, 0) is 51.5 Å². The summed E-state index contributed by atoms with van der Waals surface area (Å²) in [6.07, 6.45) is 0. The maximum absolute atomic E-state index is 5.76. The molecule has 0 radical (unpaired) electrons. The van der Waals surface area contributed by atoms with Crippen molar-refractivity contribution in [3.8, 4) is 23.0 Å². The second-order valence-corrected chi connectivity index (χ2v) is 6.79. The number of ether oxygens (including phenoxy) is 4. The van der Waals surface area contributed by atoms with Gasteiger partial charge < -0.3 is 29.6 Å². The lowest BCUT2D eigenvalue weighted by molar-refractivity contribution is 0.287. The maximum atomic E-state index is 5.76. The predicted molar refractivity (Wildman–Crippen MR) is 140 cm³/mol. The molecule has 2 N–H and O–H groups in total. The van der Waals surface area contributed by atoms with Crippen molar-refractivity contribution in [3.05, 3.63) is 47.5 Å². The van der Waals surface area contributed by atoms with Crippen LogP contribution in [-0.2, 0) is 6.54 Å². The zero-order valence-corrected chi connectivity index (χ0v) is 22.2. The van der Waals surface area contributed by atoms with E-state index in [2.05, 4.69) is 17.6 Å². The Labute approximate surface area is 208 Å². The van der Waals surface area contributed by atoms with Crippen LogP contribution >= 0.6 is 24.0 Å². The number of methoxy groups -OCH3 is 2. The van der Waals surface area contributed by atoms with Gasteiger partial charge in [-0.2, -0.15) is 0 Å². The number of hydrogen-bond acceptors (Lipinski definition) is 5. The molecule has 0 amide bonds. The summed E-state index contributed by atoms with van der Waals surface area (Å²) in [5.74, 6) is 3.61. The monoisotopic (exact) mass is 557 g/mol. The van der Waals surface area contributed by atoms with Gasteiger partial charge >= 0.3 is 0 Å². The molecular formula is C24H36IN3O4. The molecule has 8 heteroatoms. The molecule has 0 aliphatic carbocycles. The Hall–Kier alpha value is -2.36. The summed E-state index contributed by atoms with van der Waals surface area (Å²) in [6, 6.07) is 11.8. The van der Waals surface area contributed by atoms with Crippen molar-refractivity contribution in [2.24, 2.45) is 4.99 Å². The summed E-state index contributed by atoms with van der Waals surface area (Å²) in [5, 5.41) is 6.76. The van der Waals surface area contributed by atoms with E-state index < -0.39 is 0 Å². The number of guanidine groups is 1. The van der Waals surface area contributed by atoms with Gasteiger partial charge in [0.25, 0.3) is 0 Å². The Morgan fingerprint density at radius 2 is 1.66 bits per heavy atom. The number of aliphatic imine (C=N–C) groups is 1. The van der Waals surface area contributed by atoms with E-state index in [-0.39, 0.29) is 30.0 Å². The van der Waals surface area contributed by atoms with Crippen LogP contribution in [0, 0.1) is 0 Å². The molecule has 2 aromatic carbocycles. The second-order valence-electron chi connectivity index (χ2n) is 6.79. The third kappa shape index (κ3) is 7.65. The van der Waals surface area contributed by atoms with Crippen LogP contribution in [0.5, 0.6) is 23.0 Å². The number of rotatable bonds is 11. The van der Waals surface area contributed by atoms with Crippen molar-refractivity contribution in [2.45, 2.75) is 40.3 Å². The largest absolute Gasteiger partial charge is 0.493 e. The minimum atomic E-state index is 0. The molecule has 0 aliphatic rings. The van der Waals surface area contributed by atoms with Crippen molar-refractivity contribution < 1.29 is 18.9 Å². The van der Waals surface area contributed by atoms with E-state index in [9.17, 15) is 0 Å². The van der Waals surface area contributed by atoms with Gasteiger partial charge in [0.05, 0.1) is 40.0 Å². The molecule has 1 unspecified atom stereocenters. The average Bonchev–Trinajstić information content (AvgIpc) is 2.78. The van der Waals surface area contributed by atoms with E-state index in [1.807, 2.05) is 57.2 Å². The van der Waals surface area contributed by atoms with Crippen LogP contribution in [0.4, 0.5) is 0 Å². The Morgan fingerprint density at radius 3 is 2.28 bits per heavy atom. The highest BCUT2D eigenvalue weighted by Gasteiger charge is 2.13. The predicted octanol–water partition coefficient (Wildman–Crippen LogP) is 4.94. The maximum Gasteiger partial charge on any atom is 0.192 e. The van der Waals surface area contributed by atoms with Crippen LogP contribution in [0.15, 0.2) is 41.4 Å². The summed E-state index contributed by atoms with van der Waals surface area (Å²) in [5.41, 5.74) is 2.03. The van der Waals surface area contributed by atoms with Gasteiger partial charge in [-0.15, -0.1) is 24.0 Å². The molecular weight excluding hydrogens is 521 g/mol. The first-order valence-electron chi connectivity index (χ1n) is 10.7. The summed E-state index contributed by atoms with van der Waals surface area (Å²) in [7, 11) is 3.27. The van der Waals surface area contributed by atoms with E-state index in [1.54, 1.807) is 14.2 Å². The Kier molecular flexibility index (Phi) is 12.7. The van der Waals surface area contributed by atoms with Gasteiger partial charge in [0, 0.05) is 12.1 Å². The Morgan fingerprint density at radius 1 is 0.938 bits per heavy atom. The van der Waals surface area contributed by atoms with Crippen LogP contribution in [0.25, 0.3) is 0 Å². The molecule has 178 valence electrons. The fourth-order valence-electron chi connectivity index (χ4n) is 3.19. The Bertz CT molecular complexity index is 861. The molecule has 0 fully saturated rings. The summed E-state index contributed by atoms with van der Waals surface area (Å²) in [4.78, 5) is 4.74. The number of para-hydroxylation sites is 1. The first-order valence-corrected chi connectivity index (χ1v) is 10.7. The number of hydrogen-bond donors (Lipinski definition) is 2. The van der Waals surface area contributed by atoms with Crippen LogP contribution in [0.2, 0.25) is 0 Å². The lowest BCUT2D eigenvalue weighted by atomic mass is 10.1. The van der Waals surface area contributed by atoms with Gasteiger partial charge in [0.1, 0.15) is 0 Å². The smallest absolute Gasteiger partial charge is 0.192 e. The van der Waals surface area contributed by atoms with Gasteiger partial charge in [0.15, 0.2) is 29.0 Å². The number of halogens is 1. The molecule has 2 rings (SSSR count). The molecule has 0 saturated heterocycles. The summed E-state index contributed by atoms with van der Waals surface area (Å²) in [6.45, 7) is 10.4. The first kappa shape index (κ1) is 27.7. The van der Waals surface area contributed by atoms with Crippen molar-refractivity contribution in [1.29, 1.82) is 0 Å². The molecule has 1 atom stereocenters. The number of nitrogens with one attached hydrogen (secondary N) is 2. The minimum Gasteiger partial charge on any atom is -0.493 e. The fraction of sp³-hybridized carbons (Fsp3) is 0.458.